The number of piperidine rings is 3. The summed E-state index contributed by atoms with van der Waals surface area (Å²) in [7, 11) is 0. The van der Waals surface area contributed by atoms with Crippen LogP contribution in [-0.2, 0) is 6.54 Å². The maximum absolute atomic E-state index is 5.99. The van der Waals surface area contributed by atoms with E-state index in [0.717, 1.165) is 17.5 Å². The minimum absolute atomic E-state index is 0. The Morgan fingerprint density at radius 3 is 2.53 bits per heavy atom. The molecule has 2 bridgehead atoms. The molecule has 4 rings (SSSR count). The van der Waals surface area contributed by atoms with Crippen LogP contribution in [0.2, 0.25) is 5.02 Å². The van der Waals surface area contributed by atoms with E-state index in [9.17, 15) is 0 Å². The number of hydrogen-bond acceptors (Lipinski definition) is 2. The first-order chi connectivity index (χ1) is 8.31. The smallest absolute Gasteiger partial charge is 0.0409 e. The Morgan fingerprint density at radius 1 is 1.21 bits per heavy atom. The maximum Gasteiger partial charge on any atom is 0.0409 e. The fraction of sp³-hybridized carbons (Fsp3) is 0.571. The molecule has 1 aromatic rings. The van der Waals surface area contributed by atoms with Gasteiger partial charge in [0.25, 0.3) is 0 Å². The van der Waals surface area contributed by atoms with Gasteiger partial charge in [-0.05, 0) is 49.5 Å². The molecular weight excluding hydrogens is 303 g/mol. The van der Waals surface area contributed by atoms with Crippen LogP contribution in [0.5, 0.6) is 0 Å². The van der Waals surface area contributed by atoms with Gasteiger partial charge in [-0.3, -0.25) is 0 Å². The van der Waals surface area contributed by atoms with Gasteiger partial charge in [0.2, 0.25) is 0 Å². The molecule has 3 saturated heterocycles. The lowest BCUT2D eigenvalue weighted by atomic mass is 9.84. The second kappa shape index (κ2) is 7.70. The summed E-state index contributed by atoms with van der Waals surface area (Å²) < 4.78 is 0. The van der Waals surface area contributed by atoms with E-state index in [4.69, 9.17) is 11.6 Å². The summed E-state index contributed by atoms with van der Waals surface area (Å²) in [6.07, 6.45) is 2.74. The molecule has 0 saturated carbocycles. The van der Waals surface area contributed by atoms with Crippen molar-refractivity contribution in [3.8, 4) is 0 Å². The molecule has 19 heavy (non-hydrogen) atoms. The summed E-state index contributed by atoms with van der Waals surface area (Å²) in [6.45, 7) is 4.78. The van der Waals surface area contributed by atoms with Crippen molar-refractivity contribution in [1.82, 2.24) is 10.2 Å². The van der Waals surface area contributed by atoms with Gasteiger partial charge in [-0.1, -0.05) is 23.7 Å². The van der Waals surface area contributed by atoms with Crippen LogP contribution < -0.4 is 5.32 Å². The molecule has 1 unspecified atom stereocenters. The highest BCUT2D eigenvalue weighted by Gasteiger charge is 2.33. The predicted molar refractivity (Wildman–Crippen MR) is 85.7 cm³/mol. The lowest BCUT2D eigenvalue weighted by Gasteiger charge is -2.45. The van der Waals surface area contributed by atoms with Gasteiger partial charge in [-0.2, -0.15) is 0 Å². The van der Waals surface area contributed by atoms with E-state index in [1.165, 1.54) is 38.0 Å². The molecule has 108 valence electrons. The molecular formula is C14H21Cl3N2. The van der Waals surface area contributed by atoms with Gasteiger partial charge >= 0.3 is 0 Å². The largest absolute Gasteiger partial charge is 0.308 e. The van der Waals surface area contributed by atoms with Gasteiger partial charge in [0.15, 0.2) is 0 Å². The molecule has 2 nitrogen and oxygen atoms in total. The van der Waals surface area contributed by atoms with E-state index in [1.54, 1.807) is 0 Å². The molecule has 0 spiro atoms. The number of halogens is 3. The molecule has 3 aliphatic heterocycles. The standard InChI is InChI=1S/C14H19ClN2.2ClH/c15-13-3-1-2-11(8-13)9-16-14-10-17-6-4-12(14)5-7-17;;/h1-3,8,12,14,16H,4-7,9-10H2;2*1H. The van der Waals surface area contributed by atoms with Gasteiger partial charge in [0.05, 0.1) is 0 Å². The molecule has 3 heterocycles. The Labute approximate surface area is 132 Å². The fourth-order valence-corrected chi connectivity index (χ4v) is 3.31. The van der Waals surface area contributed by atoms with Crippen molar-refractivity contribution in [2.24, 2.45) is 5.92 Å². The van der Waals surface area contributed by atoms with Crippen molar-refractivity contribution in [3.63, 3.8) is 0 Å². The van der Waals surface area contributed by atoms with Gasteiger partial charge in [-0.15, -0.1) is 24.8 Å². The van der Waals surface area contributed by atoms with Crippen LogP contribution in [0.1, 0.15) is 18.4 Å². The van der Waals surface area contributed by atoms with Crippen LogP contribution in [0.4, 0.5) is 0 Å². The number of rotatable bonds is 3. The summed E-state index contributed by atoms with van der Waals surface area (Å²) in [4.78, 5) is 2.58. The lowest BCUT2D eigenvalue weighted by molar-refractivity contribution is 0.0720. The third-order valence-electron chi connectivity index (χ3n) is 4.11. The first-order valence-corrected chi connectivity index (χ1v) is 6.89. The van der Waals surface area contributed by atoms with Crippen molar-refractivity contribution >= 4 is 36.4 Å². The van der Waals surface area contributed by atoms with Gasteiger partial charge in [0, 0.05) is 24.2 Å². The molecule has 1 atom stereocenters. The van der Waals surface area contributed by atoms with Crippen LogP contribution >= 0.6 is 36.4 Å². The zero-order valence-corrected chi connectivity index (χ0v) is 13.2. The third kappa shape index (κ3) is 4.24. The SMILES string of the molecule is Cl.Cl.Clc1cccc(CNC2CN3CCC2CC3)c1. The molecule has 0 aromatic heterocycles. The quantitative estimate of drug-likeness (QED) is 0.917. The van der Waals surface area contributed by atoms with Crippen molar-refractivity contribution in [3.05, 3.63) is 34.9 Å². The highest BCUT2D eigenvalue weighted by atomic mass is 35.5. The zero-order valence-electron chi connectivity index (χ0n) is 10.8. The Kier molecular flexibility index (Phi) is 6.92. The van der Waals surface area contributed by atoms with Gasteiger partial charge in [-0.25, -0.2) is 0 Å². The number of hydrogen-bond donors (Lipinski definition) is 1. The minimum Gasteiger partial charge on any atom is -0.308 e. The summed E-state index contributed by atoms with van der Waals surface area (Å²) in [6, 6.07) is 8.82. The monoisotopic (exact) mass is 322 g/mol. The van der Waals surface area contributed by atoms with Crippen molar-refractivity contribution < 1.29 is 0 Å². The van der Waals surface area contributed by atoms with Gasteiger partial charge < -0.3 is 10.2 Å². The zero-order chi connectivity index (χ0) is 11.7. The van der Waals surface area contributed by atoms with E-state index in [1.807, 2.05) is 12.1 Å². The third-order valence-corrected chi connectivity index (χ3v) is 4.35. The summed E-state index contributed by atoms with van der Waals surface area (Å²) >= 11 is 5.99. The molecule has 1 N–H and O–H groups in total. The molecule has 0 amide bonds. The topological polar surface area (TPSA) is 15.3 Å². The first-order valence-electron chi connectivity index (χ1n) is 6.51. The van der Waals surface area contributed by atoms with Crippen molar-refractivity contribution in [2.45, 2.75) is 25.4 Å². The van der Waals surface area contributed by atoms with Crippen LogP contribution in [-0.4, -0.2) is 30.6 Å². The number of nitrogens with one attached hydrogen (secondary N) is 1. The van der Waals surface area contributed by atoms with Crippen LogP contribution in [0.25, 0.3) is 0 Å². The first kappa shape index (κ1) is 17.1. The molecule has 5 heteroatoms. The van der Waals surface area contributed by atoms with E-state index in [0.29, 0.717) is 6.04 Å². The molecule has 1 aromatic carbocycles. The summed E-state index contributed by atoms with van der Waals surface area (Å²) in [5.41, 5.74) is 1.29. The summed E-state index contributed by atoms with van der Waals surface area (Å²) in [5.74, 6) is 0.888. The second-order valence-electron chi connectivity index (χ2n) is 5.26. The molecule has 0 radical (unpaired) electrons. The minimum atomic E-state index is 0. The van der Waals surface area contributed by atoms with Crippen LogP contribution in [0.15, 0.2) is 24.3 Å². The average molecular weight is 324 g/mol. The Bertz CT molecular complexity index is 392. The van der Waals surface area contributed by atoms with Crippen LogP contribution in [0, 0.1) is 5.92 Å². The van der Waals surface area contributed by atoms with E-state index < -0.39 is 0 Å². The average Bonchev–Trinajstić information content (AvgIpc) is 2.38. The fourth-order valence-electron chi connectivity index (χ4n) is 3.09. The number of fused-ring (bicyclic) bond motifs is 3. The number of nitrogens with zero attached hydrogens (tertiary/aromatic N) is 1. The highest BCUT2D eigenvalue weighted by molar-refractivity contribution is 6.30. The highest BCUT2D eigenvalue weighted by Crippen LogP contribution is 2.27. The molecule has 3 aliphatic rings. The lowest BCUT2D eigenvalue weighted by Crippen LogP contribution is -2.55. The summed E-state index contributed by atoms with van der Waals surface area (Å²) in [5, 5.41) is 4.53. The molecule has 0 aliphatic carbocycles. The van der Waals surface area contributed by atoms with E-state index in [-0.39, 0.29) is 24.8 Å². The normalized spacial score (nSPS) is 28.4. The van der Waals surface area contributed by atoms with Crippen LogP contribution in [0.3, 0.4) is 0 Å². The van der Waals surface area contributed by atoms with Crippen molar-refractivity contribution in [2.75, 3.05) is 19.6 Å². The Hall–Kier alpha value is 0.01000. The van der Waals surface area contributed by atoms with E-state index >= 15 is 0 Å². The number of benzene rings is 1. The predicted octanol–water partition coefficient (Wildman–Crippen LogP) is 3.37. The van der Waals surface area contributed by atoms with Crippen molar-refractivity contribution in [1.29, 1.82) is 0 Å². The Balaban J connectivity index is 0.000000902. The Morgan fingerprint density at radius 2 is 1.95 bits per heavy atom. The molecule has 3 fully saturated rings. The van der Waals surface area contributed by atoms with Gasteiger partial charge in [0.1, 0.15) is 0 Å². The second-order valence-corrected chi connectivity index (χ2v) is 5.69. The maximum atomic E-state index is 5.99. The van der Waals surface area contributed by atoms with E-state index in [2.05, 4.69) is 22.3 Å².